The average molecular weight is 157 g/mol. The zero-order chi connectivity index (χ0) is 7.97. The smallest absolute Gasteiger partial charge is 0.00590 e. The standard InChI is InChI=1S/C12H13/c1-2-6-10-9(5-1)11-7-3-4-8-12(10)11/h1-2,5-7,11-12H,3-4,8H2. The number of rotatable bonds is 0. The molecule has 12 heavy (non-hydrogen) atoms. The Morgan fingerprint density at radius 3 is 2.83 bits per heavy atom. The molecule has 0 bridgehead atoms. The molecule has 2 aliphatic rings. The highest BCUT2D eigenvalue weighted by molar-refractivity contribution is 5.47. The Bertz CT molecular complexity index is 270. The Balaban J connectivity index is 2.03. The van der Waals surface area contributed by atoms with Gasteiger partial charge in [-0.05, 0) is 42.2 Å². The summed E-state index contributed by atoms with van der Waals surface area (Å²) >= 11 is 0. The molecule has 0 heterocycles. The molecule has 0 aliphatic heterocycles. The molecule has 0 aromatic heterocycles. The zero-order valence-corrected chi connectivity index (χ0v) is 7.16. The van der Waals surface area contributed by atoms with E-state index in [1.807, 2.05) is 0 Å². The fraction of sp³-hybridized carbons (Fsp3) is 0.417. The van der Waals surface area contributed by atoms with Crippen molar-refractivity contribution in [2.45, 2.75) is 31.1 Å². The number of benzene rings is 1. The molecular formula is C12H13. The summed E-state index contributed by atoms with van der Waals surface area (Å²) < 4.78 is 0. The maximum absolute atomic E-state index is 2.51. The Morgan fingerprint density at radius 1 is 1.08 bits per heavy atom. The van der Waals surface area contributed by atoms with Gasteiger partial charge in [0.2, 0.25) is 0 Å². The second-order valence-electron chi connectivity index (χ2n) is 3.93. The fourth-order valence-electron chi connectivity index (χ4n) is 2.73. The van der Waals surface area contributed by atoms with E-state index in [0.29, 0.717) is 0 Å². The van der Waals surface area contributed by atoms with Gasteiger partial charge in [-0.25, -0.2) is 0 Å². The minimum atomic E-state index is 0.815. The normalized spacial score (nSPS) is 31.7. The summed E-state index contributed by atoms with van der Waals surface area (Å²) in [5.74, 6) is 1.70. The molecule has 0 amide bonds. The zero-order valence-electron chi connectivity index (χ0n) is 7.16. The molecular weight excluding hydrogens is 144 g/mol. The van der Waals surface area contributed by atoms with Gasteiger partial charge >= 0.3 is 0 Å². The largest absolute Gasteiger partial charge is 0.0620 e. The summed E-state index contributed by atoms with van der Waals surface area (Å²) in [6.07, 6.45) is 6.65. The first kappa shape index (κ1) is 6.71. The minimum absolute atomic E-state index is 0.815. The average Bonchev–Trinajstić information content (AvgIpc) is 2.14. The highest BCUT2D eigenvalue weighted by Gasteiger charge is 2.38. The summed E-state index contributed by atoms with van der Waals surface area (Å²) in [5.41, 5.74) is 3.22. The summed E-state index contributed by atoms with van der Waals surface area (Å²) in [5, 5.41) is 0. The van der Waals surface area contributed by atoms with E-state index >= 15 is 0 Å². The number of hydrogen-bond acceptors (Lipinski definition) is 0. The van der Waals surface area contributed by atoms with Crippen molar-refractivity contribution in [3.63, 3.8) is 0 Å². The molecule has 0 heteroatoms. The second-order valence-corrected chi connectivity index (χ2v) is 3.93. The van der Waals surface area contributed by atoms with E-state index in [1.165, 1.54) is 19.3 Å². The van der Waals surface area contributed by atoms with Crippen molar-refractivity contribution in [2.75, 3.05) is 0 Å². The third-order valence-electron chi connectivity index (χ3n) is 3.33. The lowest BCUT2D eigenvalue weighted by Gasteiger charge is -2.42. The van der Waals surface area contributed by atoms with Crippen LogP contribution in [0.25, 0.3) is 0 Å². The summed E-state index contributed by atoms with van der Waals surface area (Å²) in [7, 11) is 0. The van der Waals surface area contributed by atoms with Gasteiger partial charge in [0.25, 0.3) is 0 Å². The SMILES string of the molecule is [CH]1CCCC2c3ccccc3C12. The predicted molar refractivity (Wildman–Crippen MR) is 50.1 cm³/mol. The van der Waals surface area contributed by atoms with Crippen molar-refractivity contribution >= 4 is 0 Å². The van der Waals surface area contributed by atoms with Crippen LogP contribution < -0.4 is 0 Å². The quantitative estimate of drug-likeness (QED) is 0.542. The molecule has 0 N–H and O–H groups in total. The molecule has 1 aromatic carbocycles. The predicted octanol–water partition coefficient (Wildman–Crippen LogP) is 3.26. The second kappa shape index (κ2) is 2.35. The first-order valence-corrected chi connectivity index (χ1v) is 4.89. The van der Waals surface area contributed by atoms with Crippen LogP contribution >= 0.6 is 0 Å². The van der Waals surface area contributed by atoms with Crippen LogP contribution in [-0.2, 0) is 0 Å². The van der Waals surface area contributed by atoms with E-state index in [2.05, 4.69) is 30.7 Å². The van der Waals surface area contributed by atoms with Crippen LogP contribution in [0.1, 0.15) is 42.2 Å². The Morgan fingerprint density at radius 2 is 1.92 bits per heavy atom. The van der Waals surface area contributed by atoms with Crippen molar-refractivity contribution in [3.05, 3.63) is 41.8 Å². The first-order valence-electron chi connectivity index (χ1n) is 4.89. The van der Waals surface area contributed by atoms with Crippen LogP contribution in [0.5, 0.6) is 0 Å². The van der Waals surface area contributed by atoms with Gasteiger partial charge in [0.05, 0.1) is 0 Å². The summed E-state index contributed by atoms with van der Waals surface area (Å²) in [4.78, 5) is 0. The first-order chi connectivity index (χ1) is 5.97. The van der Waals surface area contributed by atoms with E-state index in [-0.39, 0.29) is 0 Å². The van der Waals surface area contributed by atoms with Crippen molar-refractivity contribution < 1.29 is 0 Å². The van der Waals surface area contributed by atoms with E-state index in [9.17, 15) is 0 Å². The van der Waals surface area contributed by atoms with Gasteiger partial charge in [-0.2, -0.15) is 0 Å². The van der Waals surface area contributed by atoms with Gasteiger partial charge in [-0.3, -0.25) is 0 Å². The maximum atomic E-state index is 2.51. The van der Waals surface area contributed by atoms with Gasteiger partial charge in [-0.15, -0.1) is 0 Å². The van der Waals surface area contributed by atoms with Crippen molar-refractivity contribution in [1.29, 1.82) is 0 Å². The molecule has 2 atom stereocenters. The monoisotopic (exact) mass is 157 g/mol. The molecule has 1 radical (unpaired) electrons. The molecule has 61 valence electrons. The lowest BCUT2D eigenvalue weighted by Crippen LogP contribution is -2.27. The van der Waals surface area contributed by atoms with Crippen LogP contribution in [-0.4, -0.2) is 0 Å². The van der Waals surface area contributed by atoms with Gasteiger partial charge in [0, 0.05) is 0 Å². The lowest BCUT2D eigenvalue weighted by atomic mass is 9.61. The Kier molecular flexibility index (Phi) is 1.31. The van der Waals surface area contributed by atoms with E-state index in [4.69, 9.17) is 0 Å². The van der Waals surface area contributed by atoms with Gasteiger partial charge in [0.15, 0.2) is 0 Å². The van der Waals surface area contributed by atoms with Crippen LogP contribution in [0.3, 0.4) is 0 Å². The number of fused-ring (bicyclic) bond motifs is 4. The van der Waals surface area contributed by atoms with E-state index < -0.39 is 0 Å². The summed E-state index contributed by atoms with van der Waals surface area (Å²) in [6.45, 7) is 0. The van der Waals surface area contributed by atoms with E-state index in [0.717, 1.165) is 11.8 Å². The van der Waals surface area contributed by atoms with Crippen LogP contribution in [0, 0.1) is 6.42 Å². The maximum Gasteiger partial charge on any atom is -0.00590 e. The van der Waals surface area contributed by atoms with Gasteiger partial charge in [0.1, 0.15) is 0 Å². The topological polar surface area (TPSA) is 0 Å². The molecule has 0 spiro atoms. The molecule has 0 nitrogen and oxygen atoms in total. The van der Waals surface area contributed by atoms with E-state index in [1.54, 1.807) is 11.1 Å². The molecule has 1 saturated carbocycles. The highest BCUT2D eigenvalue weighted by Crippen LogP contribution is 2.53. The highest BCUT2D eigenvalue weighted by atomic mass is 14.4. The van der Waals surface area contributed by atoms with Crippen molar-refractivity contribution in [3.8, 4) is 0 Å². The molecule has 2 aliphatic carbocycles. The Hall–Kier alpha value is -0.780. The van der Waals surface area contributed by atoms with Crippen LogP contribution in [0.15, 0.2) is 24.3 Å². The van der Waals surface area contributed by atoms with Crippen molar-refractivity contribution in [2.24, 2.45) is 0 Å². The summed E-state index contributed by atoms with van der Waals surface area (Å²) in [6, 6.07) is 8.93. The minimum Gasteiger partial charge on any atom is -0.0620 e. The molecule has 1 aromatic rings. The van der Waals surface area contributed by atoms with Gasteiger partial charge < -0.3 is 0 Å². The molecule has 3 rings (SSSR count). The lowest BCUT2D eigenvalue weighted by molar-refractivity contribution is 0.411. The fourth-order valence-corrected chi connectivity index (χ4v) is 2.73. The van der Waals surface area contributed by atoms with Crippen LogP contribution in [0.2, 0.25) is 0 Å². The van der Waals surface area contributed by atoms with Crippen LogP contribution in [0.4, 0.5) is 0 Å². The van der Waals surface area contributed by atoms with Gasteiger partial charge in [-0.1, -0.05) is 30.7 Å². The number of hydrogen-bond donors (Lipinski definition) is 0. The molecule has 0 saturated heterocycles. The molecule has 1 fully saturated rings. The third-order valence-corrected chi connectivity index (χ3v) is 3.33. The van der Waals surface area contributed by atoms with Crippen molar-refractivity contribution in [1.82, 2.24) is 0 Å². The Labute approximate surface area is 73.6 Å². The third kappa shape index (κ3) is 0.730. The molecule has 2 unspecified atom stereocenters.